The Morgan fingerprint density at radius 1 is 0.930 bits per heavy atom. The Labute approximate surface area is 247 Å². The number of aromatic nitrogens is 3. The molecule has 43 heavy (non-hydrogen) atoms. The van der Waals surface area contributed by atoms with E-state index in [1.165, 1.54) is 24.3 Å². The van der Waals surface area contributed by atoms with Gasteiger partial charge in [-0.1, -0.05) is 48.0 Å². The Balaban J connectivity index is 1.43. The zero-order valence-corrected chi connectivity index (χ0v) is 23.0. The number of ether oxygens (including phenoxy) is 1. The Morgan fingerprint density at radius 2 is 1.65 bits per heavy atom. The molecule has 218 valence electrons. The Hall–Kier alpha value is -5.16. The van der Waals surface area contributed by atoms with E-state index in [1.807, 2.05) is 25.1 Å². The van der Waals surface area contributed by atoms with Gasteiger partial charge in [-0.3, -0.25) is 0 Å². The minimum atomic E-state index is -5.00. The standard InChI is InChI=1S/C31H21ClF3N3O5/c1-17-13-20(18-5-7-19(8-6-18)29(39)40)9-10-21(17)16-43-26-12-11-22(32)14-23(26)25-3-2-4-27(37-25)38-28(31(33,34)35)24(15-36-38)30(41)42/h2-15H,16H2,1H3,(H,39,40)(H,41,42). The van der Waals surface area contributed by atoms with Crippen LogP contribution >= 0.6 is 11.6 Å². The van der Waals surface area contributed by atoms with Crippen LogP contribution in [0.4, 0.5) is 13.2 Å². The van der Waals surface area contributed by atoms with Crippen molar-refractivity contribution in [2.45, 2.75) is 19.7 Å². The first kappa shape index (κ1) is 29.3. The molecule has 2 N–H and O–H groups in total. The number of hydrogen-bond acceptors (Lipinski definition) is 5. The molecule has 5 rings (SSSR count). The lowest BCUT2D eigenvalue weighted by atomic mass is 9.99. The molecule has 0 aliphatic heterocycles. The van der Waals surface area contributed by atoms with Gasteiger partial charge in [-0.05, 0) is 71.6 Å². The summed E-state index contributed by atoms with van der Waals surface area (Å²) in [5.41, 5.74) is 1.91. The highest BCUT2D eigenvalue weighted by molar-refractivity contribution is 6.31. The molecule has 0 aliphatic carbocycles. The predicted octanol–water partition coefficient (Wildman–Crippen LogP) is 7.56. The zero-order valence-electron chi connectivity index (χ0n) is 22.3. The molecule has 0 amide bonds. The first-order valence-corrected chi connectivity index (χ1v) is 13.0. The smallest absolute Gasteiger partial charge is 0.434 e. The SMILES string of the molecule is Cc1cc(-c2ccc(C(=O)O)cc2)ccc1COc1ccc(Cl)cc1-c1cccc(-n2ncc(C(=O)O)c2C(F)(F)F)n1. The number of carboxylic acid groups (broad SMARTS) is 2. The van der Waals surface area contributed by atoms with E-state index in [9.17, 15) is 27.9 Å². The summed E-state index contributed by atoms with van der Waals surface area (Å²) in [7, 11) is 0. The largest absolute Gasteiger partial charge is 0.488 e. The maximum Gasteiger partial charge on any atom is 0.434 e. The number of halogens is 4. The van der Waals surface area contributed by atoms with Crippen molar-refractivity contribution in [3.63, 3.8) is 0 Å². The number of nitrogens with zero attached hydrogens (tertiary/aromatic N) is 3. The molecule has 0 radical (unpaired) electrons. The number of pyridine rings is 1. The number of benzene rings is 3. The second-order valence-electron chi connectivity index (χ2n) is 9.46. The molecule has 2 aromatic heterocycles. The number of carboxylic acids is 2. The third-order valence-electron chi connectivity index (χ3n) is 6.63. The molecule has 0 atom stereocenters. The summed E-state index contributed by atoms with van der Waals surface area (Å²) in [6.45, 7) is 2.06. The fourth-order valence-corrected chi connectivity index (χ4v) is 4.64. The van der Waals surface area contributed by atoms with Gasteiger partial charge in [0, 0.05) is 10.6 Å². The minimum absolute atomic E-state index is 0.151. The quantitative estimate of drug-likeness (QED) is 0.187. The summed E-state index contributed by atoms with van der Waals surface area (Å²) >= 11 is 6.24. The maximum atomic E-state index is 13.8. The van der Waals surface area contributed by atoms with Crippen molar-refractivity contribution in [3.8, 4) is 34.0 Å². The lowest BCUT2D eigenvalue weighted by Gasteiger charge is -2.15. The molecule has 0 aliphatic rings. The zero-order chi connectivity index (χ0) is 30.9. The van der Waals surface area contributed by atoms with E-state index in [-0.39, 0.29) is 23.7 Å². The van der Waals surface area contributed by atoms with Crippen molar-refractivity contribution >= 4 is 23.5 Å². The number of hydrogen-bond donors (Lipinski definition) is 2. The molecule has 0 spiro atoms. The summed E-state index contributed by atoms with van der Waals surface area (Å²) in [5.74, 6) is -2.64. The van der Waals surface area contributed by atoms with E-state index in [1.54, 1.807) is 36.4 Å². The first-order chi connectivity index (χ1) is 20.4. The van der Waals surface area contributed by atoms with Crippen LogP contribution in [0, 0.1) is 6.92 Å². The van der Waals surface area contributed by atoms with Crippen LogP contribution in [0.1, 0.15) is 37.5 Å². The molecule has 0 unspecified atom stereocenters. The topological polar surface area (TPSA) is 115 Å². The molecular formula is C31H21ClF3N3O5. The second-order valence-corrected chi connectivity index (χ2v) is 9.89. The van der Waals surface area contributed by atoms with Crippen molar-refractivity contribution in [3.05, 3.63) is 118 Å². The van der Waals surface area contributed by atoms with Crippen LogP contribution in [-0.4, -0.2) is 36.9 Å². The summed E-state index contributed by atoms with van der Waals surface area (Å²) < 4.78 is 47.9. The summed E-state index contributed by atoms with van der Waals surface area (Å²) in [4.78, 5) is 26.9. The number of aromatic carboxylic acids is 2. The van der Waals surface area contributed by atoms with Crippen LogP contribution in [0.15, 0.2) is 85.1 Å². The van der Waals surface area contributed by atoms with Gasteiger partial charge in [-0.2, -0.15) is 18.3 Å². The number of carbonyl (C=O) groups is 2. The summed E-state index contributed by atoms with van der Waals surface area (Å²) in [5, 5.41) is 22.3. The number of rotatable bonds is 8. The van der Waals surface area contributed by atoms with Gasteiger partial charge >= 0.3 is 18.1 Å². The Bertz CT molecular complexity index is 1850. The van der Waals surface area contributed by atoms with Crippen LogP contribution in [0.3, 0.4) is 0 Å². The molecule has 0 saturated heterocycles. The average molecular weight is 608 g/mol. The van der Waals surface area contributed by atoms with E-state index >= 15 is 0 Å². The molecule has 0 fully saturated rings. The van der Waals surface area contributed by atoms with E-state index in [2.05, 4.69) is 10.1 Å². The monoisotopic (exact) mass is 607 g/mol. The first-order valence-electron chi connectivity index (χ1n) is 12.6. The molecular weight excluding hydrogens is 587 g/mol. The molecule has 8 nitrogen and oxygen atoms in total. The van der Waals surface area contributed by atoms with Crippen molar-refractivity contribution < 1.29 is 37.7 Å². The fourth-order valence-electron chi connectivity index (χ4n) is 4.47. The fraction of sp³-hybridized carbons (Fsp3) is 0.0968. The lowest BCUT2D eigenvalue weighted by Crippen LogP contribution is -2.18. The second kappa shape index (κ2) is 11.6. The van der Waals surface area contributed by atoms with Gasteiger partial charge in [0.25, 0.3) is 0 Å². The van der Waals surface area contributed by atoms with Crippen molar-refractivity contribution in [1.29, 1.82) is 0 Å². The lowest BCUT2D eigenvalue weighted by molar-refractivity contribution is -0.143. The number of alkyl halides is 3. The average Bonchev–Trinajstić information content (AvgIpc) is 3.44. The predicted molar refractivity (Wildman–Crippen MR) is 152 cm³/mol. The van der Waals surface area contributed by atoms with Gasteiger partial charge in [-0.25, -0.2) is 19.3 Å². The minimum Gasteiger partial charge on any atom is -0.488 e. The highest BCUT2D eigenvalue weighted by Gasteiger charge is 2.41. The number of aryl methyl sites for hydroxylation is 1. The van der Waals surface area contributed by atoms with Gasteiger partial charge in [0.15, 0.2) is 11.5 Å². The van der Waals surface area contributed by atoms with Crippen LogP contribution in [0.5, 0.6) is 5.75 Å². The van der Waals surface area contributed by atoms with Gasteiger partial charge in [0.05, 0.1) is 17.5 Å². The van der Waals surface area contributed by atoms with Crippen LogP contribution in [0.2, 0.25) is 5.02 Å². The maximum absolute atomic E-state index is 13.8. The molecule has 2 heterocycles. The third kappa shape index (κ3) is 6.21. The van der Waals surface area contributed by atoms with E-state index in [0.29, 0.717) is 27.2 Å². The Kier molecular flexibility index (Phi) is 7.92. The summed E-state index contributed by atoms with van der Waals surface area (Å²) in [6.07, 6.45) is -4.37. The van der Waals surface area contributed by atoms with Gasteiger partial charge in [0.2, 0.25) is 0 Å². The van der Waals surface area contributed by atoms with Crippen LogP contribution in [-0.2, 0) is 12.8 Å². The van der Waals surface area contributed by atoms with E-state index < -0.39 is 29.4 Å². The van der Waals surface area contributed by atoms with Crippen LogP contribution in [0.25, 0.3) is 28.2 Å². The van der Waals surface area contributed by atoms with Crippen molar-refractivity contribution in [2.24, 2.45) is 0 Å². The highest BCUT2D eigenvalue weighted by atomic mass is 35.5. The molecule has 3 aromatic carbocycles. The summed E-state index contributed by atoms with van der Waals surface area (Å²) in [6, 6.07) is 21.4. The molecule has 0 saturated carbocycles. The van der Waals surface area contributed by atoms with Gasteiger partial charge < -0.3 is 14.9 Å². The Morgan fingerprint density at radius 3 is 2.30 bits per heavy atom. The van der Waals surface area contributed by atoms with Gasteiger partial charge in [0.1, 0.15) is 17.9 Å². The van der Waals surface area contributed by atoms with E-state index in [4.69, 9.17) is 21.4 Å². The molecule has 0 bridgehead atoms. The van der Waals surface area contributed by atoms with Crippen molar-refractivity contribution in [2.75, 3.05) is 0 Å². The molecule has 12 heteroatoms. The normalized spacial score (nSPS) is 11.4. The van der Waals surface area contributed by atoms with Crippen LogP contribution < -0.4 is 4.74 Å². The molecule has 5 aromatic rings. The van der Waals surface area contributed by atoms with Crippen molar-refractivity contribution in [1.82, 2.24) is 14.8 Å². The van der Waals surface area contributed by atoms with E-state index in [0.717, 1.165) is 22.3 Å². The van der Waals surface area contributed by atoms with Gasteiger partial charge in [-0.15, -0.1) is 0 Å². The third-order valence-corrected chi connectivity index (χ3v) is 6.86. The highest BCUT2D eigenvalue weighted by Crippen LogP contribution is 2.36.